The summed E-state index contributed by atoms with van der Waals surface area (Å²) in [7, 11) is 1.63. The van der Waals surface area contributed by atoms with Crippen LogP contribution in [0.3, 0.4) is 0 Å². The Hall–Kier alpha value is -0.910. The summed E-state index contributed by atoms with van der Waals surface area (Å²) in [5.41, 5.74) is 0.225. The van der Waals surface area contributed by atoms with Gasteiger partial charge in [0, 0.05) is 32.2 Å². The summed E-state index contributed by atoms with van der Waals surface area (Å²) in [6, 6.07) is 0. The van der Waals surface area contributed by atoms with Crippen LogP contribution in [0.15, 0.2) is 4.99 Å². The van der Waals surface area contributed by atoms with Crippen LogP contribution in [-0.4, -0.2) is 57.2 Å². The van der Waals surface area contributed by atoms with E-state index in [-0.39, 0.29) is 12.0 Å². The summed E-state index contributed by atoms with van der Waals surface area (Å²) in [5, 5.41) is 2.70. The molecular formula is C11H19F2N3O. The van der Waals surface area contributed by atoms with Crippen molar-refractivity contribution in [2.75, 3.05) is 39.9 Å². The molecule has 0 aromatic heterocycles. The molecule has 2 fully saturated rings. The lowest BCUT2D eigenvalue weighted by Crippen LogP contribution is -2.43. The van der Waals surface area contributed by atoms with E-state index in [1.807, 2.05) is 0 Å². The van der Waals surface area contributed by atoms with Gasteiger partial charge in [0.15, 0.2) is 5.96 Å². The number of alkyl halides is 2. The fraction of sp³-hybridized carbons (Fsp3) is 0.909. The Morgan fingerprint density at radius 3 is 2.94 bits per heavy atom. The highest BCUT2D eigenvalue weighted by atomic mass is 19.3. The number of halogens is 2. The highest BCUT2D eigenvalue weighted by Crippen LogP contribution is 2.38. The molecule has 0 radical (unpaired) electrons. The van der Waals surface area contributed by atoms with E-state index in [2.05, 4.69) is 15.2 Å². The molecule has 0 amide bonds. The van der Waals surface area contributed by atoms with Gasteiger partial charge in [0.1, 0.15) is 0 Å². The normalized spacial score (nSPS) is 29.6. The smallest absolute Gasteiger partial charge is 0.255 e. The molecule has 6 heteroatoms. The minimum absolute atomic E-state index is 0.225. The van der Waals surface area contributed by atoms with Crippen LogP contribution in [-0.2, 0) is 4.74 Å². The number of hydrogen-bond donors (Lipinski definition) is 1. The Labute approximate surface area is 100 Å². The third-order valence-electron chi connectivity index (χ3n) is 3.55. The highest BCUT2D eigenvalue weighted by molar-refractivity contribution is 5.80. The lowest BCUT2D eigenvalue weighted by atomic mass is 9.87. The molecule has 98 valence electrons. The monoisotopic (exact) mass is 247 g/mol. The number of ether oxygens (including phenoxy) is 1. The van der Waals surface area contributed by atoms with Gasteiger partial charge in [-0.15, -0.1) is 0 Å². The fourth-order valence-electron chi connectivity index (χ4n) is 2.59. The first-order valence-corrected chi connectivity index (χ1v) is 5.97. The van der Waals surface area contributed by atoms with Crippen LogP contribution in [0.4, 0.5) is 8.78 Å². The molecule has 0 saturated carbocycles. The van der Waals surface area contributed by atoms with E-state index < -0.39 is 6.43 Å². The SMILES string of the molecule is CN=C(NCC(F)F)N1CCC2(CCOC2)C1. The van der Waals surface area contributed by atoms with Gasteiger partial charge in [0.05, 0.1) is 13.2 Å². The van der Waals surface area contributed by atoms with E-state index in [0.29, 0.717) is 5.96 Å². The number of rotatable bonds is 2. The third-order valence-corrected chi connectivity index (χ3v) is 3.55. The maximum absolute atomic E-state index is 12.2. The highest BCUT2D eigenvalue weighted by Gasteiger charge is 2.42. The van der Waals surface area contributed by atoms with E-state index in [1.165, 1.54) is 0 Å². The summed E-state index contributed by atoms with van der Waals surface area (Å²) in [6.07, 6.45) is -0.226. The molecule has 2 heterocycles. The van der Waals surface area contributed by atoms with Crippen LogP contribution in [0.1, 0.15) is 12.8 Å². The summed E-state index contributed by atoms with van der Waals surface area (Å²) in [6.45, 7) is 2.99. The van der Waals surface area contributed by atoms with Gasteiger partial charge >= 0.3 is 0 Å². The minimum atomic E-state index is -2.35. The van der Waals surface area contributed by atoms with Crippen LogP contribution >= 0.6 is 0 Å². The summed E-state index contributed by atoms with van der Waals surface area (Å²) >= 11 is 0. The van der Waals surface area contributed by atoms with E-state index in [0.717, 1.165) is 39.1 Å². The van der Waals surface area contributed by atoms with Crippen molar-refractivity contribution >= 4 is 5.96 Å². The molecule has 1 atom stereocenters. The van der Waals surface area contributed by atoms with E-state index in [1.54, 1.807) is 7.05 Å². The number of nitrogens with one attached hydrogen (secondary N) is 1. The van der Waals surface area contributed by atoms with Crippen molar-refractivity contribution in [2.45, 2.75) is 19.3 Å². The Kier molecular flexibility index (Phi) is 3.81. The molecule has 1 spiro atoms. The van der Waals surface area contributed by atoms with Crippen molar-refractivity contribution < 1.29 is 13.5 Å². The molecule has 0 bridgehead atoms. The molecule has 1 N–H and O–H groups in total. The van der Waals surface area contributed by atoms with Crippen molar-refractivity contribution in [3.8, 4) is 0 Å². The van der Waals surface area contributed by atoms with E-state index >= 15 is 0 Å². The zero-order valence-corrected chi connectivity index (χ0v) is 10.1. The summed E-state index contributed by atoms with van der Waals surface area (Å²) in [5.74, 6) is 0.578. The lowest BCUT2D eigenvalue weighted by molar-refractivity contribution is 0.149. The first-order valence-electron chi connectivity index (χ1n) is 5.97. The molecule has 4 nitrogen and oxygen atoms in total. The van der Waals surface area contributed by atoms with Crippen LogP contribution in [0.25, 0.3) is 0 Å². The summed E-state index contributed by atoms with van der Waals surface area (Å²) < 4.78 is 29.7. The van der Waals surface area contributed by atoms with Crippen molar-refractivity contribution in [1.82, 2.24) is 10.2 Å². The Balaban J connectivity index is 1.89. The molecule has 0 aromatic carbocycles. The zero-order valence-electron chi connectivity index (χ0n) is 10.1. The molecule has 2 rings (SSSR count). The van der Waals surface area contributed by atoms with Crippen molar-refractivity contribution in [3.63, 3.8) is 0 Å². The van der Waals surface area contributed by atoms with E-state index in [4.69, 9.17) is 4.74 Å². The quantitative estimate of drug-likeness (QED) is 0.583. The predicted molar refractivity (Wildman–Crippen MR) is 61.4 cm³/mol. The molecule has 17 heavy (non-hydrogen) atoms. The third kappa shape index (κ3) is 2.86. The maximum Gasteiger partial charge on any atom is 0.255 e. The summed E-state index contributed by atoms with van der Waals surface area (Å²) in [4.78, 5) is 6.11. The Bertz CT molecular complexity index is 290. The standard InChI is InChI=1S/C11H19F2N3O/c1-14-10(15-6-9(12)13)16-4-2-11(7-16)3-5-17-8-11/h9H,2-8H2,1H3,(H,14,15). The number of likely N-dealkylation sites (tertiary alicyclic amines) is 1. The van der Waals surface area contributed by atoms with Crippen molar-refractivity contribution in [3.05, 3.63) is 0 Å². The second-order valence-corrected chi connectivity index (χ2v) is 4.79. The first kappa shape index (κ1) is 12.5. The van der Waals surface area contributed by atoms with Crippen molar-refractivity contribution in [1.29, 1.82) is 0 Å². The van der Waals surface area contributed by atoms with Gasteiger partial charge in [0.25, 0.3) is 6.43 Å². The second kappa shape index (κ2) is 5.16. The molecule has 1 unspecified atom stereocenters. The van der Waals surface area contributed by atoms with Gasteiger partial charge in [-0.3, -0.25) is 4.99 Å². The number of hydrogen-bond acceptors (Lipinski definition) is 2. The maximum atomic E-state index is 12.2. The molecule has 2 saturated heterocycles. The van der Waals surface area contributed by atoms with Crippen LogP contribution in [0.2, 0.25) is 0 Å². The molecule has 0 aliphatic carbocycles. The molecular weight excluding hydrogens is 228 g/mol. The number of guanidine groups is 1. The van der Waals surface area contributed by atoms with Gasteiger partial charge in [-0.2, -0.15) is 0 Å². The minimum Gasteiger partial charge on any atom is -0.381 e. The second-order valence-electron chi connectivity index (χ2n) is 4.79. The Morgan fingerprint density at radius 1 is 1.53 bits per heavy atom. The fourth-order valence-corrected chi connectivity index (χ4v) is 2.59. The largest absolute Gasteiger partial charge is 0.381 e. The van der Waals surface area contributed by atoms with Gasteiger partial charge in [-0.25, -0.2) is 8.78 Å². The number of nitrogens with zero attached hydrogens (tertiary/aromatic N) is 2. The van der Waals surface area contributed by atoms with Crippen molar-refractivity contribution in [2.24, 2.45) is 10.4 Å². The van der Waals surface area contributed by atoms with Crippen LogP contribution in [0.5, 0.6) is 0 Å². The molecule has 0 aromatic rings. The van der Waals surface area contributed by atoms with Gasteiger partial charge in [-0.05, 0) is 12.8 Å². The molecule has 2 aliphatic rings. The predicted octanol–water partition coefficient (Wildman–Crippen LogP) is 0.939. The molecule has 2 aliphatic heterocycles. The first-order chi connectivity index (χ1) is 8.15. The van der Waals surface area contributed by atoms with Gasteiger partial charge in [-0.1, -0.05) is 0 Å². The zero-order chi connectivity index (χ0) is 12.3. The van der Waals surface area contributed by atoms with Crippen LogP contribution in [0, 0.1) is 5.41 Å². The Morgan fingerprint density at radius 2 is 2.35 bits per heavy atom. The van der Waals surface area contributed by atoms with Gasteiger partial charge in [0.2, 0.25) is 0 Å². The van der Waals surface area contributed by atoms with Crippen LogP contribution < -0.4 is 5.32 Å². The average molecular weight is 247 g/mol. The van der Waals surface area contributed by atoms with Gasteiger partial charge < -0.3 is 15.0 Å². The van der Waals surface area contributed by atoms with E-state index in [9.17, 15) is 8.78 Å². The topological polar surface area (TPSA) is 36.9 Å². The number of aliphatic imine (C=N–C) groups is 1. The lowest BCUT2D eigenvalue weighted by Gasteiger charge is -2.24. The average Bonchev–Trinajstić information content (AvgIpc) is 2.91.